The summed E-state index contributed by atoms with van der Waals surface area (Å²) >= 11 is 0. The SMILES string of the molecule is CCC(COC(=O)C1CCC2OC2C1)(COC(=O)C1CCC2OC2C1)COC(=O)C1CC2CC1C1OC21. The average Bonchev–Trinajstić information content (AvgIpc) is 3.85. The molecule has 11 atom stereocenters. The lowest BCUT2D eigenvalue weighted by atomic mass is 9.86. The van der Waals surface area contributed by atoms with Crippen LogP contribution in [0.2, 0.25) is 0 Å². The van der Waals surface area contributed by atoms with Crippen LogP contribution in [0.1, 0.15) is 64.7 Å². The molecule has 9 heteroatoms. The maximum absolute atomic E-state index is 13.1. The lowest BCUT2D eigenvalue weighted by molar-refractivity contribution is -0.168. The number of carbonyl (C=O) groups is 3. The van der Waals surface area contributed by atoms with Crippen LogP contribution in [-0.2, 0) is 42.8 Å². The number of rotatable bonds is 10. The van der Waals surface area contributed by atoms with Crippen molar-refractivity contribution < 1.29 is 42.8 Å². The first kappa shape index (κ1) is 24.3. The monoisotopic (exact) mass is 518 g/mol. The first-order valence-electron chi connectivity index (χ1n) is 14.4. The van der Waals surface area contributed by atoms with Gasteiger partial charge in [0.1, 0.15) is 19.8 Å². The number of epoxide rings is 3. The van der Waals surface area contributed by atoms with Crippen molar-refractivity contribution in [2.75, 3.05) is 19.8 Å². The van der Waals surface area contributed by atoms with E-state index in [9.17, 15) is 14.4 Å². The van der Waals surface area contributed by atoms with E-state index in [0.29, 0.717) is 43.5 Å². The Morgan fingerprint density at radius 3 is 1.73 bits per heavy atom. The molecular formula is C28H38O9. The van der Waals surface area contributed by atoms with Crippen molar-refractivity contribution in [1.29, 1.82) is 0 Å². The molecule has 0 amide bonds. The second-order valence-electron chi connectivity index (χ2n) is 12.7. The Morgan fingerprint density at radius 2 is 1.24 bits per heavy atom. The summed E-state index contributed by atoms with van der Waals surface area (Å²) in [5.74, 6) is -0.413. The molecule has 0 N–H and O–H groups in total. The van der Waals surface area contributed by atoms with Crippen LogP contribution in [-0.4, -0.2) is 74.4 Å². The highest BCUT2D eigenvalue weighted by molar-refractivity contribution is 5.74. The third kappa shape index (κ3) is 4.69. The average molecular weight is 519 g/mol. The van der Waals surface area contributed by atoms with Gasteiger partial charge in [-0.3, -0.25) is 14.4 Å². The van der Waals surface area contributed by atoms with Gasteiger partial charge in [0.15, 0.2) is 0 Å². The maximum atomic E-state index is 13.1. The van der Waals surface area contributed by atoms with Crippen molar-refractivity contribution in [1.82, 2.24) is 0 Å². The summed E-state index contributed by atoms with van der Waals surface area (Å²) in [6.45, 7) is 2.12. The lowest BCUT2D eigenvalue weighted by Gasteiger charge is -2.33. The minimum Gasteiger partial charge on any atom is -0.465 e. The smallest absolute Gasteiger partial charge is 0.309 e. The third-order valence-corrected chi connectivity index (χ3v) is 10.4. The van der Waals surface area contributed by atoms with Gasteiger partial charge in [-0.05, 0) is 63.7 Å². The summed E-state index contributed by atoms with van der Waals surface area (Å²) in [5, 5.41) is 0. The Hall–Kier alpha value is -1.71. The fraction of sp³-hybridized carbons (Fsp3) is 0.893. The molecule has 7 fully saturated rings. The first-order valence-corrected chi connectivity index (χ1v) is 14.4. The molecule has 7 aliphatic rings. The Kier molecular flexibility index (Phi) is 6.05. The molecule has 11 unspecified atom stereocenters. The predicted molar refractivity (Wildman–Crippen MR) is 126 cm³/mol. The number of hydrogen-bond donors (Lipinski definition) is 0. The van der Waals surface area contributed by atoms with Crippen molar-refractivity contribution in [3.63, 3.8) is 0 Å². The zero-order valence-electron chi connectivity index (χ0n) is 21.5. The van der Waals surface area contributed by atoms with Gasteiger partial charge in [-0.1, -0.05) is 6.92 Å². The summed E-state index contributed by atoms with van der Waals surface area (Å²) in [6.07, 6.45) is 8.72. The Bertz CT molecular complexity index is 906. The van der Waals surface area contributed by atoms with Crippen LogP contribution in [0.3, 0.4) is 0 Å². The summed E-state index contributed by atoms with van der Waals surface area (Å²) < 4.78 is 34.4. The number of ether oxygens (including phenoxy) is 6. The van der Waals surface area contributed by atoms with Crippen LogP contribution in [0.5, 0.6) is 0 Å². The van der Waals surface area contributed by atoms with E-state index in [-0.39, 0.29) is 79.7 Å². The van der Waals surface area contributed by atoms with Gasteiger partial charge in [-0.15, -0.1) is 0 Å². The van der Waals surface area contributed by atoms with E-state index in [0.717, 1.165) is 38.5 Å². The van der Waals surface area contributed by atoms with Crippen molar-refractivity contribution in [3.8, 4) is 0 Å². The number of esters is 3. The molecule has 204 valence electrons. The number of fused-ring (bicyclic) bond motifs is 7. The molecule has 0 aromatic carbocycles. The molecule has 3 saturated heterocycles. The van der Waals surface area contributed by atoms with E-state index in [4.69, 9.17) is 28.4 Å². The minimum atomic E-state index is -0.780. The van der Waals surface area contributed by atoms with Crippen LogP contribution in [0.15, 0.2) is 0 Å². The second kappa shape index (κ2) is 9.19. The zero-order valence-corrected chi connectivity index (χ0v) is 21.5. The maximum Gasteiger partial charge on any atom is 0.309 e. The van der Waals surface area contributed by atoms with E-state index in [2.05, 4.69) is 0 Å². The lowest BCUT2D eigenvalue weighted by Crippen LogP contribution is -2.41. The molecule has 4 saturated carbocycles. The summed E-state index contributed by atoms with van der Waals surface area (Å²) in [4.78, 5) is 38.9. The quantitative estimate of drug-likeness (QED) is 0.244. The van der Waals surface area contributed by atoms with Gasteiger partial charge in [0.05, 0.1) is 59.8 Å². The largest absolute Gasteiger partial charge is 0.465 e. The zero-order chi connectivity index (χ0) is 25.3. The van der Waals surface area contributed by atoms with Gasteiger partial charge in [0.25, 0.3) is 0 Å². The van der Waals surface area contributed by atoms with Crippen LogP contribution < -0.4 is 0 Å². The van der Waals surface area contributed by atoms with Gasteiger partial charge in [0, 0.05) is 5.92 Å². The highest BCUT2D eigenvalue weighted by Crippen LogP contribution is 2.59. The molecule has 9 nitrogen and oxygen atoms in total. The molecule has 7 rings (SSSR count). The van der Waals surface area contributed by atoms with Crippen LogP contribution >= 0.6 is 0 Å². The fourth-order valence-electron chi connectivity index (χ4n) is 7.56. The number of hydrogen-bond acceptors (Lipinski definition) is 9. The normalized spacial score (nSPS) is 45.5. The van der Waals surface area contributed by atoms with Crippen LogP contribution in [0, 0.1) is 35.0 Å². The van der Waals surface area contributed by atoms with Gasteiger partial charge in [-0.2, -0.15) is 0 Å². The van der Waals surface area contributed by atoms with E-state index in [1.165, 1.54) is 0 Å². The third-order valence-electron chi connectivity index (χ3n) is 10.4. The molecule has 37 heavy (non-hydrogen) atoms. The van der Waals surface area contributed by atoms with Crippen molar-refractivity contribution in [2.24, 2.45) is 35.0 Å². The van der Waals surface area contributed by atoms with Crippen LogP contribution in [0.4, 0.5) is 0 Å². The summed E-state index contributed by atoms with van der Waals surface area (Å²) in [5.41, 5.74) is -0.780. The number of carbonyl (C=O) groups excluding carboxylic acids is 3. The van der Waals surface area contributed by atoms with E-state index < -0.39 is 5.41 Å². The Balaban J connectivity index is 0.978. The van der Waals surface area contributed by atoms with E-state index >= 15 is 0 Å². The Labute approximate surface area is 217 Å². The highest BCUT2D eigenvalue weighted by atomic mass is 16.6. The van der Waals surface area contributed by atoms with Crippen molar-refractivity contribution in [3.05, 3.63) is 0 Å². The van der Waals surface area contributed by atoms with Crippen LogP contribution in [0.25, 0.3) is 0 Å². The molecule has 0 aromatic heterocycles. The van der Waals surface area contributed by atoms with Gasteiger partial charge in [-0.25, -0.2) is 0 Å². The molecule has 2 bridgehead atoms. The van der Waals surface area contributed by atoms with Crippen molar-refractivity contribution in [2.45, 2.75) is 101 Å². The molecular weight excluding hydrogens is 480 g/mol. The van der Waals surface area contributed by atoms with Gasteiger partial charge < -0.3 is 28.4 Å². The molecule has 3 aliphatic heterocycles. The summed E-state index contributed by atoms with van der Waals surface area (Å²) in [7, 11) is 0. The van der Waals surface area contributed by atoms with Gasteiger partial charge >= 0.3 is 17.9 Å². The van der Waals surface area contributed by atoms with Crippen molar-refractivity contribution >= 4 is 17.9 Å². The predicted octanol–water partition coefficient (Wildman–Crippen LogP) is 2.57. The molecule has 4 aliphatic carbocycles. The molecule has 0 radical (unpaired) electrons. The topological polar surface area (TPSA) is 116 Å². The standard InChI is InChI=1S/C28H38O9/c1-2-28(11-32-25(29)14-3-5-19-21(9-14)35-19,12-33-26(30)15-4-6-20-22(10-15)36-20)13-34-27(31)18-8-16-7-17(18)24-23(16)37-24/h14-24H,2-13H2,1H3. The molecule has 0 spiro atoms. The minimum absolute atomic E-state index is 0.0529. The van der Waals surface area contributed by atoms with E-state index in [1.54, 1.807) is 0 Å². The fourth-order valence-corrected chi connectivity index (χ4v) is 7.56. The van der Waals surface area contributed by atoms with E-state index in [1.807, 2.05) is 6.92 Å². The summed E-state index contributed by atoms with van der Waals surface area (Å²) in [6, 6.07) is 0. The molecule has 3 heterocycles. The molecule has 0 aromatic rings. The Morgan fingerprint density at radius 1 is 0.676 bits per heavy atom. The van der Waals surface area contributed by atoms with Gasteiger partial charge in [0.2, 0.25) is 0 Å². The first-order chi connectivity index (χ1) is 17.9. The highest BCUT2D eigenvalue weighted by Gasteiger charge is 2.65. The second-order valence-corrected chi connectivity index (χ2v) is 12.7.